The predicted octanol–water partition coefficient (Wildman–Crippen LogP) is 2.27. The minimum Gasteiger partial charge on any atom is -0.469 e. The third-order valence-corrected chi connectivity index (χ3v) is 3.92. The molecule has 0 aromatic heterocycles. The van der Waals surface area contributed by atoms with Crippen LogP contribution < -0.4 is 0 Å². The molecule has 1 fully saturated rings. The maximum atomic E-state index is 13.7. The van der Waals surface area contributed by atoms with Crippen molar-refractivity contribution in [1.82, 2.24) is 4.90 Å². The van der Waals surface area contributed by atoms with Crippen molar-refractivity contribution in [3.05, 3.63) is 35.4 Å². The molecule has 1 aliphatic carbocycles. The van der Waals surface area contributed by atoms with Crippen LogP contribution in [0.1, 0.15) is 31.4 Å². The fourth-order valence-electron chi connectivity index (χ4n) is 2.58. The highest BCUT2D eigenvalue weighted by molar-refractivity contribution is 5.72. The molecule has 0 bridgehead atoms. The van der Waals surface area contributed by atoms with Crippen LogP contribution in [-0.2, 0) is 9.53 Å². The van der Waals surface area contributed by atoms with Gasteiger partial charge in [-0.1, -0.05) is 13.0 Å². The molecule has 1 saturated carbocycles. The van der Waals surface area contributed by atoms with Gasteiger partial charge < -0.3 is 9.84 Å². The van der Waals surface area contributed by atoms with Gasteiger partial charge in [-0.2, -0.15) is 0 Å². The number of halogens is 2. The molecule has 2 atom stereocenters. The summed E-state index contributed by atoms with van der Waals surface area (Å²) in [4.78, 5) is 13.4. The quantitative estimate of drug-likeness (QED) is 0.785. The lowest BCUT2D eigenvalue weighted by Crippen LogP contribution is -2.37. The summed E-state index contributed by atoms with van der Waals surface area (Å²) in [6.07, 6.45) is 0.646. The number of aliphatic hydroxyl groups is 1. The van der Waals surface area contributed by atoms with Crippen LogP contribution in [0.4, 0.5) is 8.78 Å². The van der Waals surface area contributed by atoms with E-state index in [-0.39, 0.29) is 30.0 Å². The Morgan fingerprint density at radius 3 is 2.45 bits per heavy atom. The standard InChI is InChI=1S/C16H21F2NO3/c1-10(16(21)22-2)8-19(11-6-7-11)9-14(20)15-12(17)4-3-5-13(15)18/h3-5,10-11,14,20H,6-9H2,1-2H3. The Labute approximate surface area is 128 Å². The van der Waals surface area contributed by atoms with Crippen LogP contribution >= 0.6 is 0 Å². The van der Waals surface area contributed by atoms with Crippen LogP contribution in [0.2, 0.25) is 0 Å². The lowest BCUT2D eigenvalue weighted by molar-refractivity contribution is -0.145. The zero-order valence-electron chi connectivity index (χ0n) is 12.8. The molecule has 6 heteroatoms. The summed E-state index contributed by atoms with van der Waals surface area (Å²) >= 11 is 0. The van der Waals surface area contributed by atoms with Gasteiger partial charge in [0.25, 0.3) is 0 Å². The molecule has 22 heavy (non-hydrogen) atoms. The molecule has 1 aliphatic rings. The molecule has 1 aromatic carbocycles. The maximum absolute atomic E-state index is 13.7. The molecule has 0 amide bonds. The van der Waals surface area contributed by atoms with Crippen molar-refractivity contribution < 1.29 is 23.4 Å². The van der Waals surface area contributed by atoms with E-state index in [1.165, 1.54) is 13.2 Å². The number of rotatable bonds is 7. The van der Waals surface area contributed by atoms with Gasteiger partial charge in [-0.25, -0.2) is 8.78 Å². The first-order valence-electron chi connectivity index (χ1n) is 7.38. The van der Waals surface area contributed by atoms with E-state index in [4.69, 9.17) is 4.74 Å². The van der Waals surface area contributed by atoms with E-state index in [9.17, 15) is 18.7 Å². The zero-order chi connectivity index (χ0) is 16.3. The van der Waals surface area contributed by atoms with E-state index in [1.54, 1.807) is 6.92 Å². The van der Waals surface area contributed by atoms with Gasteiger partial charge in [-0.15, -0.1) is 0 Å². The number of aliphatic hydroxyl groups excluding tert-OH is 1. The van der Waals surface area contributed by atoms with Crippen LogP contribution in [0.5, 0.6) is 0 Å². The Morgan fingerprint density at radius 1 is 1.36 bits per heavy atom. The smallest absolute Gasteiger partial charge is 0.309 e. The van der Waals surface area contributed by atoms with Crippen molar-refractivity contribution in [2.45, 2.75) is 31.9 Å². The van der Waals surface area contributed by atoms with Gasteiger partial charge in [-0.05, 0) is 25.0 Å². The number of methoxy groups -OCH3 is 1. The summed E-state index contributed by atoms with van der Waals surface area (Å²) in [5.41, 5.74) is -0.320. The molecule has 1 aromatic rings. The van der Waals surface area contributed by atoms with Crippen LogP contribution in [0, 0.1) is 17.6 Å². The average molecular weight is 313 g/mol. The maximum Gasteiger partial charge on any atom is 0.309 e. The first kappa shape index (κ1) is 16.8. The lowest BCUT2D eigenvalue weighted by atomic mass is 10.1. The van der Waals surface area contributed by atoms with Gasteiger partial charge in [0.15, 0.2) is 0 Å². The summed E-state index contributed by atoms with van der Waals surface area (Å²) in [5.74, 6) is -2.21. The van der Waals surface area contributed by atoms with Crippen molar-refractivity contribution in [3.8, 4) is 0 Å². The largest absolute Gasteiger partial charge is 0.469 e. The van der Waals surface area contributed by atoms with Crippen molar-refractivity contribution >= 4 is 5.97 Å². The fourth-order valence-corrected chi connectivity index (χ4v) is 2.58. The van der Waals surface area contributed by atoms with Crippen molar-refractivity contribution in [2.75, 3.05) is 20.2 Å². The molecule has 2 unspecified atom stereocenters. The van der Waals surface area contributed by atoms with E-state index >= 15 is 0 Å². The Balaban J connectivity index is 2.06. The monoisotopic (exact) mass is 313 g/mol. The molecular weight excluding hydrogens is 292 g/mol. The predicted molar refractivity (Wildman–Crippen MR) is 77.1 cm³/mol. The highest BCUT2D eigenvalue weighted by Gasteiger charge is 2.33. The third-order valence-electron chi connectivity index (χ3n) is 3.92. The van der Waals surface area contributed by atoms with Gasteiger partial charge >= 0.3 is 5.97 Å². The van der Waals surface area contributed by atoms with Gasteiger partial charge in [0, 0.05) is 19.1 Å². The van der Waals surface area contributed by atoms with Gasteiger partial charge in [0.1, 0.15) is 11.6 Å². The molecule has 1 N–H and O–H groups in total. The normalized spacial score (nSPS) is 17.4. The highest BCUT2D eigenvalue weighted by Crippen LogP contribution is 2.30. The number of ether oxygens (including phenoxy) is 1. The van der Waals surface area contributed by atoms with Crippen LogP contribution in [0.15, 0.2) is 18.2 Å². The Morgan fingerprint density at radius 2 is 1.95 bits per heavy atom. The second kappa shape index (κ2) is 7.15. The van der Waals surface area contributed by atoms with Crippen LogP contribution in [-0.4, -0.2) is 42.2 Å². The molecule has 122 valence electrons. The minimum absolute atomic E-state index is 0.0872. The zero-order valence-corrected chi connectivity index (χ0v) is 12.8. The topological polar surface area (TPSA) is 49.8 Å². The number of benzene rings is 1. The molecule has 0 saturated heterocycles. The number of hydrogen-bond acceptors (Lipinski definition) is 4. The van der Waals surface area contributed by atoms with Gasteiger partial charge in [-0.3, -0.25) is 9.69 Å². The van der Waals surface area contributed by atoms with Gasteiger partial charge in [0.2, 0.25) is 0 Å². The summed E-state index contributed by atoms with van der Waals surface area (Å²) in [5, 5.41) is 10.2. The SMILES string of the molecule is COC(=O)C(C)CN(CC(O)c1c(F)cccc1F)C1CC1. The van der Waals surface area contributed by atoms with E-state index in [2.05, 4.69) is 0 Å². The number of nitrogens with zero attached hydrogens (tertiary/aromatic N) is 1. The van der Waals surface area contributed by atoms with Crippen molar-refractivity contribution in [3.63, 3.8) is 0 Å². The summed E-state index contributed by atoms with van der Waals surface area (Å²) in [6, 6.07) is 3.76. The van der Waals surface area contributed by atoms with E-state index < -0.39 is 17.7 Å². The second-order valence-corrected chi connectivity index (χ2v) is 5.76. The van der Waals surface area contributed by atoms with Crippen molar-refractivity contribution in [1.29, 1.82) is 0 Å². The molecular formula is C16H21F2NO3. The number of carbonyl (C=O) groups excluding carboxylic acids is 1. The van der Waals surface area contributed by atoms with E-state index in [0.717, 1.165) is 25.0 Å². The fraction of sp³-hybridized carbons (Fsp3) is 0.562. The first-order chi connectivity index (χ1) is 10.4. The van der Waals surface area contributed by atoms with E-state index in [1.807, 2.05) is 4.90 Å². The summed E-state index contributed by atoms with van der Waals surface area (Å²) in [6.45, 7) is 2.21. The Bertz CT molecular complexity index is 514. The molecule has 0 radical (unpaired) electrons. The van der Waals surface area contributed by atoms with Crippen LogP contribution in [0.3, 0.4) is 0 Å². The number of esters is 1. The minimum atomic E-state index is -1.27. The third kappa shape index (κ3) is 4.01. The Kier molecular flexibility index (Phi) is 5.47. The van der Waals surface area contributed by atoms with Crippen LogP contribution in [0.25, 0.3) is 0 Å². The number of carbonyl (C=O) groups is 1. The molecule has 2 rings (SSSR count). The first-order valence-corrected chi connectivity index (χ1v) is 7.38. The average Bonchev–Trinajstić information content (AvgIpc) is 3.30. The summed E-state index contributed by atoms with van der Waals surface area (Å²) in [7, 11) is 1.32. The molecule has 0 heterocycles. The Hall–Kier alpha value is -1.53. The summed E-state index contributed by atoms with van der Waals surface area (Å²) < 4.78 is 32.1. The second-order valence-electron chi connectivity index (χ2n) is 5.76. The van der Waals surface area contributed by atoms with E-state index in [0.29, 0.717) is 6.54 Å². The van der Waals surface area contributed by atoms with Gasteiger partial charge in [0.05, 0.1) is 24.7 Å². The lowest BCUT2D eigenvalue weighted by Gasteiger charge is -2.27. The molecule has 4 nitrogen and oxygen atoms in total. The molecule has 0 aliphatic heterocycles. The van der Waals surface area contributed by atoms with Crippen molar-refractivity contribution in [2.24, 2.45) is 5.92 Å². The highest BCUT2D eigenvalue weighted by atomic mass is 19.1. The molecule has 0 spiro atoms. The number of hydrogen-bond donors (Lipinski definition) is 1.